The van der Waals surface area contributed by atoms with E-state index in [-0.39, 0.29) is 11.8 Å². The number of guanidine groups is 1. The molecule has 0 aliphatic carbocycles. The Balaban J connectivity index is 2.36. The summed E-state index contributed by atoms with van der Waals surface area (Å²) in [5, 5.41) is 6.07. The Morgan fingerprint density at radius 1 is 1.24 bits per heavy atom. The van der Waals surface area contributed by atoms with Gasteiger partial charge in [0.05, 0.1) is 5.75 Å². The first-order valence-electron chi connectivity index (χ1n) is 6.91. The Hall–Kier alpha value is -1.60. The summed E-state index contributed by atoms with van der Waals surface area (Å²) in [6.45, 7) is 4.59. The third-order valence-electron chi connectivity index (χ3n) is 2.65. The van der Waals surface area contributed by atoms with Crippen LogP contribution in [0.5, 0.6) is 0 Å². The van der Waals surface area contributed by atoms with Gasteiger partial charge < -0.3 is 10.6 Å². The first-order chi connectivity index (χ1) is 9.93. The van der Waals surface area contributed by atoms with E-state index in [1.807, 2.05) is 44.2 Å². The summed E-state index contributed by atoms with van der Waals surface area (Å²) in [6, 6.07) is 9.67. The van der Waals surface area contributed by atoms with Crippen molar-refractivity contribution in [3.05, 3.63) is 35.9 Å². The molecule has 0 fully saturated rings. The van der Waals surface area contributed by atoms with Gasteiger partial charge in [-0.3, -0.25) is 4.99 Å². The molecule has 6 nitrogen and oxygen atoms in total. The average molecular weight is 312 g/mol. The van der Waals surface area contributed by atoms with Gasteiger partial charge in [0.15, 0.2) is 5.96 Å². The van der Waals surface area contributed by atoms with Gasteiger partial charge in [-0.1, -0.05) is 30.3 Å². The second-order valence-electron chi connectivity index (χ2n) is 4.92. The lowest BCUT2D eigenvalue weighted by Crippen LogP contribution is -2.43. The first kappa shape index (κ1) is 17.5. The molecule has 0 aromatic heterocycles. The van der Waals surface area contributed by atoms with E-state index in [0.717, 1.165) is 5.56 Å². The molecule has 0 aliphatic rings. The molecule has 3 N–H and O–H groups in total. The van der Waals surface area contributed by atoms with Crippen LogP contribution in [0.2, 0.25) is 0 Å². The molecule has 0 radical (unpaired) electrons. The summed E-state index contributed by atoms with van der Waals surface area (Å²) in [5.74, 6) is 0.599. The second kappa shape index (κ2) is 8.63. The third kappa shape index (κ3) is 7.67. The van der Waals surface area contributed by atoms with Crippen molar-refractivity contribution in [3.63, 3.8) is 0 Å². The fraction of sp³-hybridized carbons (Fsp3) is 0.500. The first-order valence-corrected chi connectivity index (χ1v) is 8.56. The van der Waals surface area contributed by atoms with E-state index >= 15 is 0 Å². The predicted octanol–water partition coefficient (Wildman–Crippen LogP) is 0.679. The molecule has 0 aliphatic heterocycles. The van der Waals surface area contributed by atoms with Crippen molar-refractivity contribution >= 4 is 16.0 Å². The largest absolute Gasteiger partial charge is 0.355 e. The molecule has 0 spiro atoms. The van der Waals surface area contributed by atoms with Crippen molar-refractivity contribution in [2.24, 2.45) is 4.99 Å². The quantitative estimate of drug-likeness (QED) is 0.511. The fourth-order valence-electron chi connectivity index (χ4n) is 1.63. The summed E-state index contributed by atoms with van der Waals surface area (Å²) in [5.41, 5.74) is 0.936. The van der Waals surface area contributed by atoms with Crippen LogP contribution in [0.25, 0.3) is 0 Å². The highest BCUT2D eigenvalue weighted by molar-refractivity contribution is 7.89. The average Bonchev–Trinajstić information content (AvgIpc) is 2.45. The standard InChI is InChI=1S/C14H24N4O2S/c1-12(2)18-14(15-3)16-9-10-21(19,20)17-11-13-7-5-4-6-8-13/h4-8,12,17H,9-11H2,1-3H3,(H2,15,16,18). The van der Waals surface area contributed by atoms with Gasteiger partial charge in [-0.2, -0.15) is 0 Å². The zero-order chi connectivity index (χ0) is 15.7. The Bertz CT molecular complexity index is 541. The number of hydrogen-bond acceptors (Lipinski definition) is 3. The van der Waals surface area contributed by atoms with E-state index in [2.05, 4.69) is 20.3 Å². The maximum absolute atomic E-state index is 11.9. The molecular formula is C14H24N4O2S. The number of benzene rings is 1. The second-order valence-corrected chi connectivity index (χ2v) is 6.85. The molecular weight excluding hydrogens is 288 g/mol. The van der Waals surface area contributed by atoms with Crippen molar-refractivity contribution in [1.29, 1.82) is 0 Å². The highest BCUT2D eigenvalue weighted by Gasteiger charge is 2.10. The van der Waals surface area contributed by atoms with Crippen LogP contribution in [0, 0.1) is 0 Å². The van der Waals surface area contributed by atoms with E-state index < -0.39 is 10.0 Å². The number of rotatable bonds is 7. The smallest absolute Gasteiger partial charge is 0.213 e. The summed E-state index contributed by atoms with van der Waals surface area (Å²) in [7, 11) is -1.65. The fourth-order valence-corrected chi connectivity index (χ4v) is 2.53. The van der Waals surface area contributed by atoms with Crippen molar-refractivity contribution in [2.75, 3.05) is 19.3 Å². The Labute approximate surface area is 127 Å². The van der Waals surface area contributed by atoms with Crippen molar-refractivity contribution in [1.82, 2.24) is 15.4 Å². The van der Waals surface area contributed by atoms with Gasteiger partial charge in [0.1, 0.15) is 0 Å². The van der Waals surface area contributed by atoms with Crippen molar-refractivity contribution in [2.45, 2.75) is 26.4 Å². The van der Waals surface area contributed by atoms with Crippen LogP contribution in [0.1, 0.15) is 19.4 Å². The molecule has 0 atom stereocenters. The third-order valence-corrected chi connectivity index (χ3v) is 3.98. The summed E-state index contributed by atoms with van der Waals surface area (Å²) in [4.78, 5) is 4.02. The van der Waals surface area contributed by atoms with Crippen LogP contribution < -0.4 is 15.4 Å². The van der Waals surface area contributed by atoms with Crippen LogP contribution in [0.15, 0.2) is 35.3 Å². The summed E-state index contributed by atoms with van der Waals surface area (Å²) >= 11 is 0. The molecule has 1 aromatic rings. The zero-order valence-corrected chi connectivity index (χ0v) is 13.6. The van der Waals surface area contributed by atoms with Gasteiger partial charge in [0.25, 0.3) is 0 Å². The minimum absolute atomic E-state index is 0.00136. The number of hydrogen-bond donors (Lipinski definition) is 3. The van der Waals surface area contributed by atoms with Crippen LogP contribution in [0.4, 0.5) is 0 Å². The molecule has 0 saturated carbocycles. The van der Waals surface area contributed by atoms with Gasteiger partial charge >= 0.3 is 0 Å². The topological polar surface area (TPSA) is 82.6 Å². The normalized spacial score (nSPS) is 12.5. The van der Waals surface area contributed by atoms with E-state index in [4.69, 9.17) is 0 Å². The van der Waals surface area contributed by atoms with Crippen LogP contribution in [-0.2, 0) is 16.6 Å². The van der Waals surface area contributed by atoms with Crippen LogP contribution in [0.3, 0.4) is 0 Å². The lowest BCUT2D eigenvalue weighted by Gasteiger charge is -2.14. The summed E-state index contributed by atoms with van der Waals surface area (Å²) < 4.78 is 26.3. The highest BCUT2D eigenvalue weighted by atomic mass is 32.2. The Morgan fingerprint density at radius 2 is 1.90 bits per heavy atom. The lowest BCUT2D eigenvalue weighted by molar-refractivity contribution is 0.579. The zero-order valence-electron chi connectivity index (χ0n) is 12.8. The van der Waals surface area contributed by atoms with Crippen LogP contribution in [-0.4, -0.2) is 39.8 Å². The predicted molar refractivity (Wildman–Crippen MR) is 86.7 cm³/mol. The lowest BCUT2D eigenvalue weighted by atomic mass is 10.2. The molecule has 7 heteroatoms. The molecule has 1 aromatic carbocycles. The number of nitrogens with one attached hydrogen (secondary N) is 3. The van der Waals surface area contributed by atoms with E-state index in [1.54, 1.807) is 7.05 Å². The molecule has 0 bridgehead atoms. The van der Waals surface area contributed by atoms with Gasteiger partial charge in [-0.05, 0) is 19.4 Å². The van der Waals surface area contributed by atoms with Crippen LogP contribution >= 0.6 is 0 Å². The molecule has 118 valence electrons. The van der Waals surface area contributed by atoms with Gasteiger partial charge in [-0.15, -0.1) is 0 Å². The molecule has 21 heavy (non-hydrogen) atoms. The minimum Gasteiger partial charge on any atom is -0.355 e. The Kier molecular flexibility index (Phi) is 7.18. The van der Waals surface area contributed by atoms with Crippen molar-refractivity contribution in [3.8, 4) is 0 Å². The summed E-state index contributed by atoms with van der Waals surface area (Å²) in [6.07, 6.45) is 0. The van der Waals surface area contributed by atoms with E-state index in [0.29, 0.717) is 19.0 Å². The molecule has 0 amide bonds. The highest BCUT2D eigenvalue weighted by Crippen LogP contribution is 1.98. The van der Waals surface area contributed by atoms with Gasteiger partial charge in [0, 0.05) is 26.2 Å². The van der Waals surface area contributed by atoms with Gasteiger partial charge in [-0.25, -0.2) is 13.1 Å². The number of nitrogens with zero attached hydrogens (tertiary/aromatic N) is 1. The monoisotopic (exact) mass is 312 g/mol. The number of aliphatic imine (C=N–C) groups is 1. The van der Waals surface area contributed by atoms with Crippen molar-refractivity contribution < 1.29 is 8.42 Å². The van der Waals surface area contributed by atoms with Gasteiger partial charge in [0.2, 0.25) is 10.0 Å². The molecule has 0 unspecified atom stereocenters. The molecule has 0 saturated heterocycles. The van der Waals surface area contributed by atoms with E-state index in [9.17, 15) is 8.42 Å². The number of sulfonamides is 1. The minimum atomic E-state index is -3.31. The SMILES string of the molecule is CN=C(NCCS(=O)(=O)NCc1ccccc1)NC(C)C. The Morgan fingerprint density at radius 3 is 2.48 bits per heavy atom. The molecule has 0 heterocycles. The van der Waals surface area contributed by atoms with E-state index in [1.165, 1.54) is 0 Å². The maximum atomic E-state index is 11.9. The maximum Gasteiger partial charge on any atom is 0.213 e. The molecule has 1 rings (SSSR count).